The third-order valence-electron chi connectivity index (χ3n) is 3.49. The van der Waals surface area contributed by atoms with E-state index >= 15 is 0 Å². The summed E-state index contributed by atoms with van der Waals surface area (Å²) in [4.78, 5) is 4.02. The highest BCUT2D eigenvalue weighted by Gasteiger charge is 2.40. The first kappa shape index (κ1) is 21.5. The fourth-order valence-corrected chi connectivity index (χ4v) is 2.24. The zero-order valence-electron chi connectivity index (χ0n) is 13.9. The molecule has 1 aromatic rings. The highest BCUT2D eigenvalue weighted by Crippen LogP contribution is 2.25. The summed E-state index contributed by atoms with van der Waals surface area (Å²) in [5.41, 5.74) is 0.791. The Kier molecular flexibility index (Phi) is 8.39. The van der Waals surface area contributed by atoms with Gasteiger partial charge in [-0.3, -0.25) is 4.99 Å². The van der Waals surface area contributed by atoms with Crippen LogP contribution in [0.15, 0.2) is 23.2 Å². The van der Waals surface area contributed by atoms with Crippen molar-refractivity contribution in [3.8, 4) is 11.5 Å². The van der Waals surface area contributed by atoms with E-state index in [1.54, 1.807) is 32.4 Å². The van der Waals surface area contributed by atoms with E-state index in [1.807, 2.05) is 0 Å². The Morgan fingerprint density at radius 2 is 1.72 bits per heavy atom. The molecule has 142 valence electrons. The lowest BCUT2D eigenvalue weighted by Crippen LogP contribution is -2.53. The molecule has 6 nitrogen and oxygen atoms in total. The average Bonchev–Trinajstić information content (AvgIpc) is 2.58. The van der Waals surface area contributed by atoms with E-state index in [9.17, 15) is 13.2 Å². The third kappa shape index (κ3) is 6.67. The van der Waals surface area contributed by atoms with Crippen molar-refractivity contribution in [3.63, 3.8) is 0 Å². The van der Waals surface area contributed by atoms with E-state index in [4.69, 9.17) is 9.47 Å². The number of alkyl halides is 3. The Hall–Kier alpha value is -1.59. The molecule has 0 bridgehead atoms. The van der Waals surface area contributed by atoms with Gasteiger partial charge in [0.25, 0.3) is 0 Å². The largest absolute Gasteiger partial charge is 0.497 e. The topological polar surface area (TPSA) is 66.9 Å². The summed E-state index contributed by atoms with van der Waals surface area (Å²) in [7, 11) is 3.12. The molecular weight excluding hydrogens is 452 g/mol. The molecule has 3 N–H and O–H groups in total. The smallest absolute Gasteiger partial charge is 0.408 e. The van der Waals surface area contributed by atoms with Crippen molar-refractivity contribution in [1.29, 1.82) is 0 Å². The summed E-state index contributed by atoms with van der Waals surface area (Å²) in [5.74, 6) is 1.47. The average molecular weight is 474 g/mol. The van der Waals surface area contributed by atoms with Gasteiger partial charge in [-0.25, -0.2) is 0 Å². The second-order valence-corrected chi connectivity index (χ2v) is 5.21. The Morgan fingerprint density at radius 1 is 1.12 bits per heavy atom. The van der Waals surface area contributed by atoms with E-state index < -0.39 is 12.2 Å². The molecule has 1 unspecified atom stereocenters. The molecule has 1 aliphatic heterocycles. The molecule has 1 heterocycles. The molecule has 0 radical (unpaired) electrons. The molecule has 1 aromatic carbocycles. The molecular formula is C15H22F3IN4O2. The predicted molar refractivity (Wildman–Crippen MR) is 101 cm³/mol. The molecule has 1 aliphatic rings. The number of ether oxygens (including phenoxy) is 2. The number of nitrogens with zero attached hydrogens (tertiary/aromatic N) is 1. The van der Waals surface area contributed by atoms with E-state index in [2.05, 4.69) is 20.9 Å². The van der Waals surface area contributed by atoms with Crippen LogP contribution in [0.2, 0.25) is 0 Å². The number of hydrogen-bond donors (Lipinski definition) is 3. The van der Waals surface area contributed by atoms with Crippen LogP contribution in [0, 0.1) is 0 Å². The van der Waals surface area contributed by atoms with Gasteiger partial charge in [-0.1, -0.05) is 0 Å². The van der Waals surface area contributed by atoms with Crippen LogP contribution in [0.3, 0.4) is 0 Å². The van der Waals surface area contributed by atoms with Crippen LogP contribution in [-0.4, -0.2) is 52.0 Å². The third-order valence-corrected chi connectivity index (χ3v) is 3.49. The number of guanidine groups is 1. The number of anilines is 1. The Labute approximate surface area is 161 Å². The lowest BCUT2D eigenvalue weighted by atomic mass is 10.2. The first-order valence-corrected chi connectivity index (χ1v) is 7.51. The lowest BCUT2D eigenvalue weighted by Gasteiger charge is -2.27. The van der Waals surface area contributed by atoms with Gasteiger partial charge in [-0.05, 0) is 6.42 Å². The van der Waals surface area contributed by atoms with Gasteiger partial charge in [-0.2, -0.15) is 13.2 Å². The summed E-state index contributed by atoms with van der Waals surface area (Å²) in [5, 5.41) is 8.39. The van der Waals surface area contributed by atoms with Crippen molar-refractivity contribution in [2.45, 2.75) is 18.6 Å². The van der Waals surface area contributed by atoms with Gasteiger partial charge in [0.1, 0.15) is 17.5 Å². The highest BCUT2D eigenvalue weighted by molar-refractivity contribution is 14.0. The Morgan fingerprint density at radius 3 is 2.28 bits per heavy atom. The summed E-state index contributed by atoms with van der Waals surface area (Å²) < 4.78 is 48.4. The number of rotatable bonds is 6. The summed E-state index contributed by atoms with van der Waals surface area (Å²) in [6, 6.07) is 3.81. The van der Waals surface area contributed by atoms with E-state index in [0.717, 1.165) is 5.69 Å². The molecule has 1 atom stereocenters. The molecule has 0 aromatic heterocycles. The van der Waals surface area contributed by atoms with Gasteiger partial charge >= 0.3 is 6.18 Å². The lowest BCUT2D eigenvalue weighted by molar-refractivity contribution is -0.153. The summed E-state index contributed by atoms with van der Waals surface area (Å²) in [6.45, 7) is 1.06. The first-order valence-electron chi connectivity index (χ1n) is 7.51. The minimum atomic E-state index is -4.27. The van der Waals surface area contributed by atoms with Crippen molar-refractivity contribution in [1.82, 2.24) is 10.6 Å². The van der Waals surface area contributed by atoms with Crippen LogP contribution in [-0.2, 0) is 0 Å². The van der Waals surface area contributed by atoms with Crippen LogP contribution >= 0.6 is 24.0 Å². The maximum absolute atomic E-state index is 12.7. The predicted octanol–water partition coefficient (Wildman–Crippen LogP) is 2.60. The SMILES string of the molecule is COc1cc(NCCNC2=NCCC(C(F)(F)F)N2)cc(OC)c1.I. The fraction of sp³-hybridized carbons (Fsp3) is 0.533. The van der Waals surface area contributed by atoms with Crippen molar-refractivity contribution in [2.75, 3.05) is 39.2 Å². The number of benzene rings is 1. The van der Waals surface area contributed by atoms with Gasteiger partial charge in [0.2, 0.25) is 0 Å². The van der Waals surface area contributed by atoms with E-state index in [1.165, 1.54) is 0 Å². The molecule has 0 spiro atoms. The standard InChI is InChI=1S/C15H21F3N4O2.HI/c1-23-11-7-10(8-12(9-11)24-2)19-5-6-21-14-20-4-3-13(22-14)15(16,17)18;/h7-9,13,19H,3-6H2,1-2H3,(H2,20,21,22);1H. The monoisotopic (exact) mass is 474 g/mol. The summed E-state index contributed by atoms with van der Waals surface area (Å²) in [6.07, 6.45) is -4.31. The molecule has 0 saturated carbocycles. The number of hydrogen-bond acceptors (Lipinski definition) is 6. The second-order valence-electron chi connectivity index (χ2n) is 5.21. The molecule has 25 heavy (non-hydrogen) atoms. The van der Waals surface area contributed by atoms with Crippen molar-refractivity contribution < 1.29 is 22.6 Å². The van der Waals surface area contributed by atoms with Gasteiger partial charge in [0, 0.05) is 43.5 Å². The minimum absolute atomic E-state index is 0. The van der Waals surface area contributed by atoms with Gasteiger partial charge in [-0.15, -0.1) is 24.0 Å². The number of methoxy groups -OCH3 is 2. The molecule has 10 heteroatoms. The molecule has 0 amide bonds. The number of nitrogens with one attached hydrogen (secondary N) is 3. The fourth-order valence-electron chi connectivity index (χ4n) is 2.24. The van der Waals surface area contributed by atoms with Gasteiger partial charge in [0.05, 0.1) is 14.2 Å². The van der Waals surface area contributed by atoms with Crippen molar-refractivity contribution >= 4 is 35.6 Å². The normalized spacial score (nSPS) is 16.8. The maximum Gasteiger partial charge on any atom is 0.408 e. The van der Waals surface area contributed by atoms with Gasteiger partial charge in [0.15, 0.2) is 5.96 Å². The summed E-state index contributed by atoms with van der Waals surface area (Å²) >= 11 is 0. The zero-order chi connectivity index (χ0) is 17.6. The van der Waals surface area contributed by atoms with Crippen molar-refractivity contribution in [3.05, 3.63) is 18.2 Å². The molecule has 0 fully saturated rings. The Bertz CT molecular complexity index is 562. The van der Waals surface area contributed by atoms with Crippen LogP contribution in [0.25, 0.3) is 0 Å². The van der Waals surface area contributed by atoms with Crippen molar-refractivity contribution in [2.24, 2.45) is 4.99 Å². The first-order chi connectivity index (χ1) is 11.4. The number of aliphatic imine (C=N–C) groups is 1. The van der Waals surface area contributed by atoms with Gasteiger partial charge < -0.3 is 25.4 Å². The van der Waals surface area contributed by atoms with Crippen LogP contribution < -0.4 is 25.4 Å². The second kappa shape index (κ2) is 9.78. The molecule has 0 aliphatic carbocycles. The van der Waals surface area contributed by atoms with Crippen LogP contribution in [0.4, 0.5) is 18.9 Å². The highest BCUT2D eigenvalue weighted by atomic mass is 127. The van der Waals surface area contributed by atoms with E-state index in [0.29, 0.717) is 24.6 Å². The van der Waals surface area contributed by atoms with E-state index in [-0.39, 0.29) is 42.9 Å². The minimum Gasteiger partial charge on any atom is -0.497 e. The quantitative estimate of drug-likeness (QED) is 0.437. The van der Waals surface area contributed by atoms with Crippen LogP contribution in [0.5, 0.6) is 11.5 Å². The molecule has 2 rings (SSSR count). The van der Waals surface area contributed by atoms with Crippen LogP contribution in [0.1, 0.15) is 6.42 Å². The maximum atomic E-state index is 12.7. The number of halogens is 4. The zero-order valence-corrected chi connectivity index (χ0v) is 16.3. The molecule has 0 saturated heterocycles. The Balaban J connectivity index is 0.00000312.